The predicted octanol–water partition coefficient (Wildman–Crippen LogP) is 5.79. The second-order valence-electron chi connectivity index (χ2n) is 3.92. The van der Waals surface area contributed by atoms with E-state index in [-0.39, 0.29) is 31.9 Å². The van der Waals surface area contributed by atoms with Crippen molar-refractivity contribution < 1.29 is 0 Å². The highest BCUT2D eigenvalue weighted by Crippen LogP contribution is 2.42. The van der Waals surface area contributed by atoms with Crippen LogP contribution in [-0.2, 0) is 0 Å². The quantitative estimate of drug-likeness (QED) is 0.693. The number of benzene rings is 2. The minimum absolute atomic E-state index is 0.000342. The van der Waals surface area contributed by atoms with Crippen molar-refractivity contribution >= 4 is 57.8 Å². The molecule has 0 aliphatic carbocycles. The molecule has 0 aromatic heterocycles. The number of nitriles is 2. The number of hydrogen-bond donors (Lipinski definition) is 1. The predicted molar refractivity (Wildman–Crippen MR) is 85.6 cm³/mol. The van der Waals surface area contributed by atoms with Gasteiger partial charge in [-0.1, -0.05) is 46.4 Å². The summed E-state index contributed by atoms with van der Waals surface area (Å²) in [6.45, 7) is 0. The van der Waals surface area contributed by atoms with Gasteiger partial charge in [0.1, 0.15) is 12.1 Å². The standard InChI is InChI=1S/C14H5Cl4N3/c15-7-1-3-8(4-2-7)21-14-10(6-20)11(16)9(5-19)12(17)13(14)18/h1-4,21H. The number of nitrogens with zero attached hydrogens (tertiary/aromatic N) is 2. The fraction of sp³-hybridized carbons (Fsp3) is 0. The lowest BCUT2D eigenvalue weighted by atomic mass is 10.1. The van der Waals surface area contributed by atoms with E-state index >= 15 is 0 Å². The number of nitrogens with one attached hydrogen (secondary N) is 1. The van der Waals surface area contributed by atoms with Gasteiger partial charge >= 0.3 is 0 Å². The van der Waals surface area contributed by atoms with Crippen molar-refractivity contribution in [3.8, 4) is 12.1 Å². The third-order valence-corrected chi connectivity index (χ3v) is 4.14. The normalized spacial score (nSPS) is 9.81. The van der Waals surface area contributed by atoms with E-state index in [0.717, 1.165) is 0 Å². The molecular weight excluding hydrogens is 352 g/mol. The first-order chi connectivity index (χ1) is 9.99. The molecular formula is C14H5Cl4N3. The Morgan fingerprint density at radius 3 is 1.86 bits per heavy atom. The molecule has 0 aliphatic heterocycles. The Morgan fingerprint density at radius 1 is 0.762 bits per heavy atom. The molecule has 2 aromatic rings. The molecule has 0 heterocycles. The first-order valence-corrected chi connectivity index (χ1v) is 7.04. The summed E-state index contributed by atoms with van der Waals surface area (Å²) in [5.74, 6) is 0. The highest BCUT2D eigenvalue weighted by molar-refractivity contribution is 6.46. The average molecular weight is 357 g/mol. The van der Waals surface area contributed by atoms with Crippen molar-refractivity contribution in [1.82, 2.24) is 0 Å². The van der Waals surface area contributed by atoms with Crippen molar-refractivity contribution in [3.63, 3.8) is 0 Å². The molecule has 104 valence electrons. The zero-order valence-corrected chi connectivity index (χ0v) is 13.2. The Bertz CT molecular complexity index is 786. The van der Waals surface area contributed by atoms with Gasteiger partial charge in [-0.15, -0.1) is 0 Å². The molecule has 0 spiro atoms. The van der Waals surface area contributed by atoms with E-state index in [0.29, 0.717) is 10.7 Å². The molecule has 0 aliphatic rings. The molecule has 0 bridgehead atoms. The van der Waals surface area contributed by atoms with Gasteiger partial charge in [0.25, 0.3) is 0 Å². The van der Waals surface area contributed by atoms with Crippen LogP contribution < -0.4 is 5.32 Å². The molecule has 2 aromatic carbocycles. The number of anilines is 2. The summed E-state index contributed by atoms with van der Waals surface area (Å²) in [6, 6.07) is 10.5. The fourth-order valence-corrected chi connectivity index (χ4v) is 2.57. The number of rotatable bonds is 2. The highest BCUT2D eigenvalue weighted by Gasteiger charge is 2.21. The van der Waals surface area contributed by atoms with Gasteiger partial charge in [0, 0.05) is 10.7 Å². The third kappa shape index (κ3) is 3.02. The summed E-state index contributed by atoms with van der Waals surface area (Å²) in [5.41, 5.74) is 0.921. The third-order valence-electron chi connectivity index (χ3n) is 2.66. The Morgan fingerprint density at radius 2 is 1.33 bits per heavy atom. The maximum atomic E-state index is 9.25. The second-order valence-corrected chi connectivity index (χ2v) is 5.49. The molecule has 0 atom stereocenters. The van der Waals surface area contributed by atoms with Crippen molar-refractivity contribution in [2.24, 2.45) is 0 Å². The number of hydrogen-bond acceptors (Lipinski definition) is 3. The zero-order valence-electron chi connectivity index (χ0n) is 10.2. The Kier molecular flexibility index (Phi) is 4.83. The molecule has 21 heavy (non-hydrogen) atoms. The van der Waals surface area contributed by atoms with Crippen LogP contribution >= 0.6 is 46.4 Å². The van der Waals surface area contributed by atoms with E-state index in [2.05, 4.69) is 5.32 Å². The topological polar surface area (TPSA) is 59.6 Å². The maximum Gasteiger partial charge on any atom is 0.103 e. The van der Waals surface area contributed by atoms with Gasteiger partial charge in [-0.05, 0) is 24.3 Å². The van der Waals surface area contributed by atoms with Crippen molar-refractivity contribution in [2.75, 3.05) is 5.32 Å². The first-order valence-electron chi connectivity index (χ1n) is 5.52. The van der Waals surface area contributed by atoms with Gasteiger partial charge in [-0.25, -0.2) is 0 Å². The van der Waals surface area contributed by atoms with E-state index in [1.165, 1.54) is 0 Å². The van der Waals surface area contributed by atoms with E-state index < -0.39 is 0 Å². The zero-order chi connectivity index (χ0) is 15.6. The van der Waals surface area contributed by atoms with Gasteiger partial charge in [-0.2, -0.15) is 10.5 Å². The van der Waals surface area contributed by atoms with Crippen LogP contribution in [0.3, 0.4) is 0 Å². The Labute approximate surface area is 141 Å². The fourth-order valence-electron chi connectivity index (χ4n) is 1.66. The van der Waals surface area contributed by atoms with Crippen LogP contribution in [0.2, 0.25) is 20.1 Å². The lowest BCUT2D eigenvalue weighted by Crippen LogP contribution is -1.98. The van der Waals surface area contributed by atoms with Crippen LogP contribution in [0.25, 0.3) is 0 Å². The van der Waals surface area contributed by atoms with Crippen molar-refractivity contribution in [1.29, 1.82) is 10.5 Å². The first kappa shape index (κ1) is 15.8. The minimum atomic E-state index is -0.0362. The van der Waals surface area contributed by atoms with E-state index in [9.17, 15) is 5.26 Å². The van der Waals surface area contributed by atoms with E-state index in [4.69, 9.17) is 51.7 Å². The van der Waals surface area contributed by atoms with Crippen LogP contribution in [0.1, 0.15) is 11.1 Å². The molecule has 1 N–H and O–H groups in total. The van der Waals surface area contributed by atoms with E-state index in [1.54, 1.807) is 24.3 Å². The molecule has 2 rings (SSSR count). The summed E-state index contributed by atoms with van der Waals surface area (Å²) in [6.07, 6.45) is 0. The maximum absolute atomic E-state index is 9.25. The number of halogens is 4. The lowest BCUT2D eigenvalue weighted by Gasteiger charge is -2.14. The highest BCUT2D eigenvalue weighted by atomic mass is 35.5. The van der Waals surface area contributed by atoms with Gasteiger partial charge < -0.3 is 5.32 Å². The average Bonchev–Trinajstić information content (AvgIpc) is 2.47. The molecule has 0 fully saturated rings. The summed E-state index contributed by atoms with van der Waals surface area (Å²) < 4.78 is 0. The summed E-state index contributed by atoms with van der Waals surface area (Å²) in [5, 5.41) is 21.8. The molecule has 3 nitrogen and oxygen atoms in total. The lowest BCUT2D eigenvalue weighted by molar-refractivity contribution is 1.43. The molecule has 7 heteroatoms. The second kappa shape index (κ2) is 6.43. The Balaban J connectivity index is 2.61. The summed E-state index contributed by atoms with van der Waals surface area (Å²) >= 11 is 24.0. The largest absolute Gasteiger partial charge is 0.353 e. The van der Waals surface area contributed by atoms with Gasteiger partial charge in [0.05, 0.1) is 31.9 Å². The minimum Gasteiger partial charge on any atom is -0.353 e. The molecule has 0 unspecified atom stereocenters. The van der Waals surface area contributed by atoms with Gasteiger partial charge in [-0.3, -0.25) is 0 Å². The molecule has 0 amide bonds. The molecule has 0 saturated carbocycles. The van der Waals surface area contributed by atoms with Crippen LogP contribution in [0.5, 0.6) is 0 Å². The monoisotopic (exact) mass is 355 g/mol. The van der Waals surface area contributed by atoms with Crippen molar-refractivity contribution in [2.45, 2.75) is 0 Å². The van der Waals surface area contributed by atoms with Crippen LogP contribution in [0, 0.1) is 22.7 Å². The van der Waals surface area contributed by atoms with E-state index in [1.807, 2.05) is 12.1 Å². The Hall–Kier alpha value is -1.62. The summed E-state index contributed by atoms with van der Waals surface area (Å²) in [4.78, 5) is 0. The van der Waals surface area contributed by atoms with Gasteiger partial charge in [0.15, 0.2) is 0 Å². The molecule has 0 saturated heterocycles. The van der Waals surface area contributed by atoms with Crippen LogP contribution in [-0.4, -0.2) is 0 Å². The van der Waals surface area contributed by atoms with Crippen molar-refractivity contribution in [3.05, 3.63) is 55.5 Å². The smallest absolute Gasteiger partial charge is 0.103 e. The van der Waals surface area contributed by atoms with Gasteiger partial charge in [0.2, 0.25) is 0 Å². The summed E-state index contributed by atoms with van der Waals surface area (Å²) in [7, 11) is 0. The van der Waals surface area contributed by atoms with Crippen LogP contribution in [0.4, 0.5) is 11.4 Å². The SMILES string of the molecule is N#Cc1c(Cl)c(Cl)c(Nc2ccc(Cl)cc2)c(C#N)c1Cl. The molecule has 0 radical (unpaired) electrons. The van der Waals surface area contributed by atoms with Crippen LogP contribution in [0.15, 0.2) is 24.3 Å².